The quantitative estimate of drug-likeness (QED) is 0.226. The summed E-state index contributed by atoms with van der Waals surface area (Å²) in [4.78, 5) is 2.47. The highest BCUT2D eigenvalue weighted by Crippen LogP contribution is 2.54. The summed E-state index contributed by atoms with van der Waals surface area (Å²) in [6, 6.07) is 17.6. The predicted octanol–water partition coefficient (Wildman–Crippen LogP) is 2.96. The molecule has 0 aliphatic carbocycles. The Morgan fingerprint density at radius 3 is 1.82 bits per heavy atom. The lowest BCUT2D eigenvalue weighted by Crippen LogP contribution is -2.39. The first kappa shape index (κ1) is 22.1. The summed E-state index contributed by atoms with van der Waals surface area (Å²) >= 11 is 0. The van der Waals surface area contributed by atoms with Crippen LogP contribution in [0.3, 0.4) is 0 Å². The summed E-state index contributed by atoms with van der Waals surface area (Å²) in [7, 11) is -4.27. The zero-order valence-electron chi connectivity index (χ0n) is 15.0. The van der Waals surface area contributed by atoms with E-state index in [2.05, 4.69) is 10.0 Å². The minimum Gasteiger partial charge on any atom is -0.390 e. The van der Waals surface area contributed by atoms with Crippen LogP contribution in [0.4, 0.5) is 0 Å². The van der Waals surface area contributed by atoms with Gasteiger partial charge in [0.2, 0.25) is 0 Å². The zero-order chi connectivity index (χ0) is 20.4. The van der Waals surface area contributed by atoms with E-state index in [0.29, 0.717) is 11.1 Å². The molecule has 0 heterocycles. The van der Waals surface area contributed by atoms with Crippen LogP contribution in [0.15, 0.2) is 65.8 Å². The molecule has 150 valence electrons. The first-order valence-corrected chi connectivity index (χ1v) is 10.1. The van der Waals surface area contributed by atoms with E-state index >= 15 is 0 Å². The summed E-state index contributed by atoms with van der Waals surface area (Å²) in [6.07, 6.45) is -3.54. The lowest BCUT2D eigenvalue weighted by Gasteiger charge is -2.28. The Bertz CT molecular complexity index is 769. The van der Waals surface area contributed by atoms with Crippen molar-refractivity contribution in [2.24, 2.45) is 5.11 Å². The number of hydrogen-bond acceptors (Lipinski definition) is 7. The van der Waals surface area contributed by atoms with Gasteiger partial charge >= 0.3 is 7.60 Å². The lowest BCUT2D eigenvalue weighted by atomic mass is 10.2. The van der Waals surface area contributed by atoms with Crippen LogP contribution in [0, 0.1) is 0 Å². The van der Waals surface area contributed by atoms with Crippen molar-refractivity contribution in [2.45, 2.75) is 31.3 Å². The minimum absolute atomic E-state index is 0.136. The Hall–Kier alpha value is -2.22. The number of nitrogens with zero attached hydrogens (tertiary/aromatic N) is 3. The molecular weight excluding hydrogens is 385 g/mol. The zero-order valence-corrected chi connectivity index (χ0v) is 15.9. The van der Waals surface area contributed by atoms with Crippen LogP contribution in [0.1, 0.15) is 11.1 Å². The summed E-state index contributed by atoms with van der Waals surface area (Å²) in [5.74, 6) is -2.04. The molecule has 0 bridgehead atoms. The van der Waals surface area contributed by atoms with E-state index in [4.69, 9.17) is 14.6 Å². The largest absolute Gasteiger partial charge is 0.390 e. The maximum atomic E-state index is 13.2. The fourth-order valence-corrected chi connectivity index (χ4v) is 3.89. The summed E-state index contributed by atoms with van der Waals surface area (Å²) in [6.45, 7) is -0.779. The van der Waals surface area contributed by atoms with E-state index in [-0.39, 0.29) is 13.2 Å². The van der Waals surface area contributed by atoms with Gasteiger partial charge in [-0.1, -0.05) is 65.8 Å². The third-order valence-electron chi connectivity index (χ3n) is 3.86. The Morgan fingerprint density at radius 1 is 0.929 bits per heavy atom. The normalized spacial score (nSPS) is 14.7. The van der Waals surface area contributed by atoms with E-state index < -0.39 is 32.2 Å². The molecule has 0 radical (unpaired) electrons. The van der Waals surface area contributed by atoms with Gasteiger partial charge in [-0.25, -0.2) is 0 Å². The molecule has 0 aliphatic heterocycles. The molecule has 0 aliphatic rings. The molecule has 0 amide bonds. The fourth-order valence-electron chi connectivity index (χ4n) is 2.28. The highest BCUT2D eigenvalue weighted by Gasteiger charge is 2.42. The Balaban J connectivity index is 2.15. The number of benzene rings is 2. The van der Waals surface area contributed by atoms with Crippen LogP contribution in [-0.2, 0) is 26.8 Å². The second-order valence-electron chi connectivity index (χ2n) is 5.94. The number of aliphatic hydroxyl groups excluding tert-OH is 3. The average Bonchev–Trinajstić information content (AvgIpc) is 2.75. The Morgan fingerprint density at radius 2 is 1.39 bits per heavy atom. The van der Waals surface area contributed by atoms with Crippen molar-refractivity contribution >= 4 is 7.60 Å². The second-order valence-corrected chi connectivity index (χ2v) is 8.07. The maximum absolute atomic E-state index is 13.2. The molecule has 2 aromatic rings. The van der Waals surface area contributed by atoms with E-state index in [0.717, 1.165) is 0 Å². The summed E-state index contributed by atoms with van der Waals surface area (Å²) in [5.41, 5.74) is 9.68. The number of hydrogen-bond donors (Lipinski definition) is 3. The summed E-state index contributed by atoms with van der Waals surface area (Å²) < 4.78 is 24.0. The third kappa shape index (κ3) is 6.44. The monoisotopic (exact) mass is 407 g/mol. The topological polar surface area (TPSA) is 145 Å². The van der Waals surface area contributed by atoms with Crippen molar-refractivity contribution < 1.29 is 28.9 Å². The fraction of sp³-hybridized carbons (Fsp3) is 0.333. The molecular formula is C18H22N3O6P. The number of azide groups is 1. The molecule has 2 rings (SSSR count). The van der Waals surface area contributed by atoms with Gasteiger partial charge in [0.05, 0.1) is 25.9 Å². The van der Waals surface area contributed by atoms with Crippen LogP contribution >= 0.6 is 7.60 Å². The Labute approximate surface area is 162 Å². The maximum Gasteiger partial charge on any atom is 0.362 e. The van der Waals surface area contributed by atoms with Gasteiger partial charge in [0.25, 0.3) is 0 Å². The minimum atomic E-state index is -4.27. The molecule has 10 heteroatoms. The first-order chi connectivity index (χ1) is 13.5. The van der Waals surface area contributed by atoms with Gasteiger partial charge in [0.15, 0.2) is 5.85 Å². The van der Waals surface area contributed by atoms with Crippen LogP contribution < -0.4 is 0 Å². The van der Waals surface area contributed by atoms with Gasteiger partial charge in [0.1, 0.15) is 6.10 Å². The van der Waals surface area contributed by atoms with Gasteiger partial charge in [0, 0.05) is 4.91 Å². The summed E-state index contributed by atoms with van der Waals surface area (Å²) in [5, 5.41) is 33.5. The van der Waals surface area contributed by atoms with Crippen molar-refractivity contribution in [3.63, 3.8) is 0 Å². The molecule has 9 nitrogen and oxygen atoms in total. The molecule has 0 saturated heterocycles. The van der Waals surface area contributed by atoms with E-state index in [1.807, 2.05) is 0 Å². The molecule has 0 aromatic heterocycles. The van der Waals surface area contributed by atoms with Crippen molar-refractivity contribution in [3.8, 4) is 0 Å². The Kier molecular flexibility index (Phi) is 8.63. The molecule has 0 fully saturated rings. The van der Waals surface area contributed by atoms with E-state index in [1.54, 1.807) is 60.7 Å². The van der Waals surface area contributed by atoms with E-state index in [9.17, 15) is 19.9 Å². The second kappa shape index (κ2) is 10.9. The van der Waals surface area contributed by atoms with E-state index in [1.165, 1.54) is 0 Å². The van der Waals surface area contributed by atoms with Crippen molar-refractivity contribution in [1.29, 1.82) is 0 Å². The molecule has 3 atom stereocenters. The smallest absolute Gasteiger partial charge is 0.362 e. The lowest BCUT2D eigenvalue weighted by molar-refractivity contribution is -0.0377. The standard InChI is InChI=1S/C18H22N3O6P/c19-21-20-11-16(22)17(23)18(24)28(25,26-12-14-7-3-1-4-8-14)27-13-15-9-5-2-6-10-15/h1-10,16-18,22-24H,11-13H2/t16-,17-,18+/m1/s1. The molecule has 0 spiro atoms. The highest BCUT2D eigenvalue weighted by atomic mass is 31.2. The molecule has 0 unspecified atom stereocenters. The van der Waals surface area contributed by atoms with Crippen LogP contribution in [0.5, 0.6) is 0 Å². The first-order valence-electron chi connectivity index (χ1n) is 8.48. The number of aliphatic hydroxyl groups is 3. The molecule has 28 heavy (non-hydrogen) atoms. The highest BCUT2D eigenvalue weighted by molar-refractivity contribution is 7.54. The van der Waals surface area contributed by atoms with Crippen molar-refractivity contribution in [3.05, 3.63) is 82.2 Å². The van der Waals surface area contributed by atoms with Gasteiger partial charge in [-0.05, 0) is 16.7 Å². The van der Waals surface area contributed by atoms with Crippen LogP contribution in [-0.4, -0.2) is 39.9 Å². The van der Waals surface area contributed by atoms with Crippen LogP contribution in [0.25, 0.3) is 10.4 Å². The third-order valence-corrected chi connectivity index (χ3v) is 5.80. The van der Waals surface area contributed by atoms with Crippen molar-refractivity contribution in [1.82, 2.24) is 0 Å². The molecule has 2 aromatic carbocycles. The van der Waals surface area contributed by atoms with Crippen LogP contribution in [0.2, 0.25) is 0 Å². The van der Waals surface area contributed by atoms with Gasteiger partial charge in [-0.2, -0.15) is 0 Å². The van der Waals surface area contributed by atoms with Gasteiger partial charge in [-0.15, -0.1) is 0 Å². The SMILES string of the molecule is [N-]=[N+]=NC[C@@H](O)[C@@H](O)[C@@H](O)P(=O)(OCc1ccccc1)OCc1ccccc1. The number of rotatable bonds is 11. The van der Waals surface area contributed by atoms with Gasteiger partial charge < -0.3 is 24.4 Å². The average molecular weight is 407 g/mol. The molecule has 0 saturated carbocycles. The molecule has 3 N–H and O–H groups in total. The van der Waals surface area contributed by atoms with Crippen molar-refractivity contribution in [2.75, 3.05) is 6.54 Å². The van der Waals surface area contributed by atoms with Gasteiger partial charge in [-0.3, -0.25) is 4.57 Å². The predicted molar refractivity (Wildman–Crippen MR) is 102 cm³/mol.